The van der Waals surface area contributed by atoms with E-state index >= 15 is 0 Å². The lowest BCUT2D eigenvalue weighted by Crippen LogP contribution is -2.49. The first-order valence-corrected chi connectivity index (χ1v) is 14.0. The second kappa shape index (κ2) is 9.96. The fraction of sp³-hybridized carbons (Fsp3) is 0.276. The predicted molar refractivity (Wildman–Crippen MR) is 143 cm³/mol. The van der Waals surface area contributed by atoms with E-state index in [2.05, 4.69) is 29.2 Å². The van der Waals surface area contributed by atoms with Crippen LogP contribution in [-0.2, 0) is 5.75 Å². The topological polar surface area (TPSA) is 66.2 Å². The number of hydrogen-bond donors (Lipinski definition) is 0. The molecule has 0 radical (unpaired) electrons. The maximum absolute atomic E-state index is 13.4. The van der Waals surface area contributed by atoms with E-state index in [1.54, 1.807) is 35.2 Å². The Bertz CT molecular complexity index is 1400. The molecular formula is C29H25N3O2S2. The van der Waals surface area contributed by atoms with E-state index in [9.17, 15) is 4.79 Å². The summed E-state index contributed by atoms with van der Waals surface area (Å²) >= 11 is 3.46. The van der Waals surface area contributed by atoms with Gasteiger partial charge in [-0.3, -0.25) is 4.79 Å². The predicted octanol–water partition coefficient (Wildman–Crippen LogP) is 6.67. The van der Waals surface area contributed by atoms with Crippen LogP contribution in [0.15, 0.2) is 77.1 Å². The van der Waals surface area contributed by atoms with E-state index in [-0.39, 0.29) is 24.1 Å². The van der Waals surface area contributed by atoms with Gasteiger partial charge >= 0.3 is 0 Å². The summed E-state index contributed by atoms with van der Waals surface area (Å²) in [6, 6.07) is 26.2. The van der Waals surface area contributed by atoms with Crippen LogP contribution in [0.25, 0.3) is 10.2 Å². The number of nitriles is 1. The van der Waals surface area contributed by atoms with Crippen LogP contribution in [-0.4, -0.2) is 34.0 Å². The van der Waals surface area contributed by atoms with Gasteiger partial charge in [-0.15, -0.1) is 11.3 Å². The number of thiazole rings is 1. The van der Waals surface area contributed by atoms with Crippen molar-refractivity contribution in [1.29, 1.82) is 5.26 Å². The number of carbonyl (C=O) groups excluding carboxylic acids is 1. The van der Waals surface area contributed by atoms with Crippen molar-refractivity contribution in [3.8, 4) is 11.8 Å². The maximum Gasteiger partial charge on any atom is 0.254 e. The average molecular weight is 512 g/mol. The van der Waals surface area contributed by atoms with E-state index in [1.165, 1.54) is 10.3 Å². The zero-order valence-corrected chi connectivity index (χ0v) is 21.3. The lowest BCUT2D eigenvalue weighted by molar-refractivity contribution is 0.0359. The molecule has 5 nitrogen and oxygen atoms in total. The van der Waals surface area contributed by atoms with Crippen LogP contribution >= 0.6 is 23.1 Å². The van der Waals surface area contributed by atoms with Crippen molar-refractivity contribution in [1.82, 2.24) is 9.88 Å². The molecule has 2 atom stereocenters. The number of benzene rings is 3. The van der Waals surface area contributed by atoms with Gasteiger partial charge in [-0.05, 0) is 60.9 Å². The highest BCUT2D eigenvalue weighted by Crippen LogP contribution is 2.38. The molecule has 1 amide bonds. The Morgan fingerprint density at radius 3 is 2.58 bits per heavy atom. The second-order valence-corrected chi connectivity index (χ2v) is 11.6. The molecule has 36 heavy (non-hydrogen) atoms. The summed E-state index contributed by atoms with van der Waals surface area (Å²) < 4.78 is 8.49. The number of ether oxygens (including phenoxy) is 1. The van der Waals surface area contributed by atoms with Crippen molar-refractivity contribution in [2.45, 2.75) is 54.0 Å². The van der Waals surface area contributed by atoms with Crippen molar-refractivity contribution in [3.05, 3.63) is 89.5 Å². The molecule has 0 spiro atoms. The third kappa shape index (κ3) is 4.71. The molecule has 3 heterocycles. The molecule has 6 rings (SSSR count). The second-order valence-electron chi connectivity index (χ2n) is 9.38. The number of hydrogen-bond acceptors (Lipinski definition) is 6. The first-order chi connectivity index (χ1) is 17.7. The molecule has 2 saturated heterocycles. The van der Waals surface area contributed by atoms with E-state index in [0.29, 0.717) is 5.56 Å². The van der Waals surface area contributed by atoms with Gasteiger partial charge in [-0.1, -0.05) is 42.1 Å². The summed E-state index contributed by atoms with van der Waals surface area (Å²) in [6.07, 6.45) is 3.77. The van der Waals surface area contributed by atoms with Crippen LogP contribution in [0.2, 0.25) is 0 Å². The molecule has 2 fully saturated rings. The van der Waals surface area contributed by atoms with E-state index < -0.39 is 0 Å². The molecule has 4 aromatic rings. The highest BCUT2D eigenvalue weighted by molar-refractivity contribution is 8.00. The monoisotopic (exact) mass is 511 g/mol. The van der Waals surface area contributed by atoms with Crippen LogP contribution in [0.3, 0.4) is 0 Å². The van der Waals surface area contributed by atoms with E-state index in [4.69, 9.17) is 15.0 Å². The molecule has 7 heteroatoms. The number of carbonyl (C=O) groups is 1. The Hall–Kier alpha value is -3.34. The van der Waals surface area contributed by atoms with Crippen molar-refractivity contribution >= 4 is 39.2 Å². The highest BCUT2D eigenvalue weighted by atomic mass is 32.2. The standard InChI is InChI=1S/C29H25N3O2S2/c30-17-20-4-3-5-24(14-20)34-25-15-22-12-13-23(16-25)32(22)28(33)21-10-8-19(9-11-21)18-35-29-31-26-6-1-2-7-27(26)36-29/h1-11,14,22-23,25H,12-13,15-16,18H2. The van der Waals surface area contributed by atoms with Crippen molar-refractivity contribution in [2.75, 3.05) is 0 Å². The molecule has 0 aliphatic carbocycles. The molecule has 2 bridgehead atoms. The molecule has 3 aromatic carbocycles. The lowest BCUT2D eigenvalue weighted by atomic mass is 9.98. The van der Waals surface area contributed by atoms with Crippen molar-refractivity contribution < 1.29 is 9.53 Å². The van der Waals surface area contributed by atoms with Gasteiger partial charge in [-0.25, -0.2) is 4.98 Å². The summed E-state index contributed by atoms with van der Waals surface area (Å²) in [5.74, 6) is 1.69. The fourth-order valence-electron chi connectivity index (χ4n) is 5.34. The maximum atomic E-state index is 13.4. The SMILES string of the molecule is N#Cc1cccc(OC2CC3CCC(C2)N3C(=O)c2ccc(CSc3nc4ccccc4s3)cc2)c1. The van der Waals surface area contributed by atoms with Gasteiger partial charge in [0.15, 0.2) is 4.34 Å². The molecule has 1 aromatic heterocycles. The third-order valence-electron chi connectivity index (χ3n) is 7.03. The largest absolute Gasteiger partial charge is 0.490 e. The molecule has 180 valence electrons. The Morgan fingerprint density at radius 1 is 1.06 bits per heavy atom. The lowest BCUT2D eigenvalue weighted by Gasteiger charge is -2.39. The Labute approximate surface area is 218 Å². The van der Waals surface area contributed by atoms with E-state index in [0.717, 1.165) is 52.6 Å². The zero-order valence-electron chi connectivity index (χ0n) is 19.7. The van der Waals surface area contributed by atoms with Gasteiger partial charge < -0.3 is 9.64 Å². The van der Waals surface area contributed by atoms with Crippen LogP contribution in [0.1, 0.15) is 47.2 Å². The van der Waals surface area contributed by atoms with Crippen LogP contribution in [0, 0.1) is 11.3 Å². The number of amides is 1. The fourth-order valence-corrected chi connectivity index (χ4v) is 7.36. The van der Waals surface area contributed by atoms with Gasteiger partial charge in [0, 0.05) is 36.2 Å². The third-order valence-corrected chi connectivity index (χ3v) is 9.28. The van der Waals surface area contributed by atoms with Crippen LogP contribution in [0.4, 0.5) is 0 Å². The summed E-state index contributed by atoms with van der Waals surface area (Å²) in [4.78, 5) is 20.2. The average Bonchev–Trinajstić information content (AvgIpc) is 3.45. The number of fused-ring (bicyclic) bond motifs is 3. The minimum Gasteiger partial charge on any atom is -0.490 e. The number of nitrogens with zero attached hydrogens (tertiary/aromatic N) is 3. The highest BCUT2D eigenvalue weighted by Gasteiger charge is 2.44. The molecular weight excluding hydrogens is 486 g/mol. The summed E-state index contributed by atoms with van der Waals surface area (Å²) in [6.45, 7) is 0. The van der Waals surface area contributed by atoms with Gasteiger partial charge in [0.2, 0.25) is 0 Å². The summed E-state index contributed by atoms with van der Waals surface area (Å²) in [5.41, 5.74) is 3.59. The quantitative estimate of drug-likeness (QED) is 0.270. The minimum absolute atomic E-state index is 0.0717. The van der Waals surface area contributed by atoms with Gasteiger partial charge in [0.25, 0.3) is 5.91 Å². The first-order valence-electron chi connectivity index (χ1n) is 12.2. The number of para-hydroxylation sites is 1. The smallest absolute Gasteiger partial charge is 0.254 e. The van der Waals surface area contributed by atoms with Crippen molar-refractivity contribution in [3.63, 3.8) is 0 Å². The Kier molecular flexibility index (Phi) is 6.39. The molecule has 0 N–H and O–H groups in total. The molecule has 2 aliphatic rings. The van der Waals surface area contributed by atoms with Crippen molar-refractivity contribution in [2.24, 2.45) is 0 Å². The summed E-state index contributed by atoms with van der Waals surface area (Å²) in [7, 11) is 0. The van der Waals surface area contributed by atoms with Crippen LogP contribution < -0.4 is 4.74 Å². The Morgan fingerprint density at radius 2 is 1.83 bits per heavy atom. The van der Waals surface area contributed by atoms with Gasteiger partial charge in [-0.2, -0.15) is 5.26 Å². The molecule has 2 aliphatic heterocycles. The van der Waals surface area contributed by atoms with Gasteiger partial charge in [0.05, 0.1) is 21.8 Å². The zero-order chi connectivity index (χ0) is 24.5. The number of rotatable bonds is 6. The normalized spacial score (nSPS) is 20.9. The molecule has 2 unspecified atom stereocenters. The Balaban J connectivity index is 1.07. The van der Waals surface area contributed by atoms with Gasteiger partial charge in [0.1, 0.15) is 11.9 Å². The minimum atomic E-state index is 0.0717. The number of aromatic nitrogens is 1. The van der Waals surface area contributed by atoms with E-state index in [1.807, 2.05) is 42.5 Å². The van der Waals surface area contributed by atoms with Crippen LogP contribution in [0.5, 0.6) is 5.75 Å². The number of piperidine rings is 1. The molecule has 0 saturated carbocycles. The first kappa shape index (κ1) is 23.1. The number of thioether (sulfide) groups is 1. The summed E-state index contributed by atoms with van der Waals surface area (Å²) in [5, 5.41) is 9.14.